The zero-order chi connectivity index (χ0) is 26.4. The number of hydrogen-bond acceptors (Lipinski definition) is 8. The number of unbranched alkanes of at least 4 members (excludes halogenated alkanes) is 1. The number of aromatic nitrogens is 4. The van der Waals surface area contributed by atoms with Gasteiger partial charge in [-0.3, -0.25) is 9.59 Å². The van der Waals surface area contributed by atoms with Gasteiger partial charge in [0.1, 0.15) is 20.8 Å². The lowest BCUT2D eigenvalue weighted by Crippen LogP contribution is -2.11. The normalized spacial score (nSPS) is 10.9. The predicted octanol–water partition coefficient (Wildman–Crippen LogP) is 6.05. The minimum Gasteiger partial charge on any atom is -0.301 e. The fourth-order valence-electron chi connectivity index (χ4n) is 4.09. The molecule has 1 amide bonds. The number of hydrogen-bond donors (Lipinski definition) is 1. The molecule has 0 bridgehead atoms. The Morgan fingerprint density at radius 1 is 0.605 bits per heavy atom. The maximum Gasteiger partial charge on any atom is 0.226 e. The van der Waals surface area contributed by atoms with Crippen LogP contribution in [0.15, 0.2) is 60.7 Å². The maximum atomic E-state index is 12.3. The molecular weight excluding hydrogens is 514 g/mol. The van der Waals surface area contributed by atoms with Crippen LogP contribution >= 0.6 is 22.7 Å². The Morgan fingerprint density at radius 2 is 1.16 bits per heavy atom. The van der Waals surface area contributed by atoms with E-state index in [-0.39, 0.29) is 11.7 Å². The van der Waals surface area contributed by atoms with E-state index in [9.17, 15) is 9.59 Å². The topological polar surface area (TPSA) is 97.7 Å². The SMILES string of the molecule is O=C(CCCc1ccccc1)Cc1nnc(CCCCc2nnc(NC(=O)CCCc3ccccc3)s2)s1. The molecule has 2 heterocycles. The van der Waals surface area contributed by atoms with Crippen LogP contribution < -0.4 is 5.32 Å². The first kappa shape index (κ1) is 27.7. The van der Waals surface area contributed by atoms with Crippen LogP contribution in [0.25, 0.3) is 0 Å². The van der Waals surface area contributed by atoms with Gasteiger partial charge in [-0.05, 0) is 49.7 Å². The van der Waals surface area contributed by atoms with Crippen molar-refractivity contribution in [3.05, 3.63) is 86.8 Å². The van der Waals surface area contributed by atoms with Crippen molar-refractivity contribution in [1.29, 1.82) is 0 Å². The largest absolute Gasteiger partial charge is 0.301 e. The van der Waals surface area contributed by atoms with Crippen molar-refractivity contribution in [3.63, 3.8) is 0 Å². The van der Waals surface area contributed by atoms with Crippen molar-refractivity contribution in [2.24, 2.45) is 0 Å². The summed E-state index contributed by atoms with van der Waals surface area (Å²) in [4.78, 5) is 24.5. The van der Waals surface area contributed by atoms with E-state index in [1.54, 1.807) is 0 Å². The standard InChI is InChI=1S/C29H33N5O2S2/c35-24(17-9-15-22-11-3-1-4-12-22)21-28-33-31-26(37-28)19-7-8-20-27-32-34-29(38-27)30-25(36)18-10-16-23-13-5-2-6-14-23/h1-6,11-14H,7-10,15-21H2,(H,30,34,36). The van der Waals surface area contributed by atoms with Crippen LogP contribution in [-0.4, -0.2) is 32.1 Å². The lowest BCUT2D eigenvalue weighted by Gasteiger charge is -2.02. The summed E-state index contributed by atoms with van der Waals surface area (Å²) >= 11 is 2.97. The minimum atomic E-state index is -0.0228. The van der Waals surface area contributed by atoms with Gasteiger partial charge in [0.05, 0.1) is 6.42 Å². The highest BCUT2D eigenvalue weighted by Gasteiger charge is 2.11. The van der Waals surface area contributed by atoms with Gasteiger partial charge < -0.3 is 5.32 Å². The molecule has 0 saturated carbocycles. The van der Waals surface area contributed by atoms with Gasteiger partial charge in [-0.15, -0.1) is 31.7 Å². The summed E-state index contributed by atoms with van der Waals surface area (Å²) in [6.07, 6.45) is 8.44. The van der Waals surface area contributed by atoms with Crippen molar-refractivity contribution in [3.8, 4) is 0 Å². The number of aryl methyl sites for hydroxylation is 4. The maximum absolute atomic E-state index is 12.3. The van der Waals surface area contributed by atoms with Crippen molar-refractivity contribution in [1.82, 2.24) is 20.4 Å². The van der Waals surface area contributed by atoms with Crippen LogP contribution in [0.1, 0.15) is 64.7 Å². The molecule has 0 aliphatic carbocycles. The minimum absolute atomic E-state index is 0.0228. The first-order valence-corrected chi connectivity index (χ1v) is 14.8. The van der Waals surface area contributed by atoms with E-state index in [2.05, 4.69) is 50.0 Å². The molecule has 0 atom stereocenters. The van der Waals surface area contributed by atoms with Gasteiger partial charge in [-0.1, -0.05) is 72.0 Å². The van der Waals surface area contributed by atoms with E-state index in [0.29, 0.717) is 24.4 Å². The van der Waals surface area contributed by atoms with E-state index < -0.39 is 0 Å². The Bertz CT molecular complexity index is 1170. The molecule has 38 heavy (non-hydrogen) atoms. The lowest BCUT2D eigenvalue weighted by molar-refractivity contribution is -0.118. The summed E-state index contributed by atoms with van der Waals surface area (Å²) in [6, 6.07) is 20.4. The molecule has 4 rings (SSSR count). The van der Waals surface area contributed by atoms with E-state index in [4.69, 9.17) is 0 Å². The number of benzene rings is 2. The highest BCUT2D eigenvalue weighted by atomic mass is 32.1. The molecule has 1 N–H and O–H groups in total. The predicted molar refractivity (Wildman–Crippen MR) is 153 cm³/mol. The van der Waals surface area contributed by atoms with Crippen molar-refractivity contribution in [2.45, 2.75) is 70.6 Å². The molecule has 4 aromatic rings. The Balaban J connectivity index is 1.07. The fraction of sp³-hybridized carbons (Fsp3) is 0.379. The highest BCUT2D eigenvalue weighted by Crippen LogP contribution is 2.19. The molecule has 0 fully saturated rings. The number of rotatable bonds is 16. The van der Waals surface area contributed by atoms with Gasteiger partial charge in [0.25, 0.3) is 0 Å². The van der Waals surface area contributed by atoms with Gasteiger partial charge in [0, 0.05) is 25.7 Å². The monoisotopic (exact) mass is 547 g/mol. The summed E-state index contributed by atoms with van der Waals surface area (Å²) in [5.41, 5.74) is 2.51. The number of ketones is 1. The number of carbonyl (C=O) groups is 2. The Labute approximate surface area is 231 Å². The van der Waals surface area contributed by atoms with E-state index in [1.807, 2.05) is 36.4 Å². The lowest BCUT2D eigenvalue weighted by atomic mass is 10.1. The van der Waals surface area contributed by atoms with Gasteiger partial charge in [-0.2, -0.15) is 0 Å². The molecule has 0 saturated heterocycles. The van der Waals surface area contributed by atoms with Crippen molar-refractivity contribution >= 4 is 39.5 Å². The highest BCUT2D eigenvalue weighted by molar-refractivity contribution is 7.15. The number of carbonyl (C=O) groups excluding carboxylic acids is 2. The molecular formula is C29H33N5O2S2. The summed E-state index contributed by atoms with van der Waals surface area (Å²) < 4.78 is 0. The van der Waals surface area contributed by atoms with Crippen LogP contribution in [0.5, 0.6) is 0 Å². The van der Waals surface area contributed by atoms with Crippen LogP contribution in [0, 0.1) is 0 Å². The molecule has 0 aliphatic heterocycles. The van der Waals surface area contributed by atoms with E-state index in [1.165, 1.54) is 33.8 Å². The third kappa shape index (κ3) is 9.87. The average molecular weight is 548 g/mol. The molecule has 0 spiro atoms. The van der Waals surface area contributed by atoms with E-state index in [0.717, 1.165) is 66.4 Å². The number of Topliss-reactive ketones (excluding diaryl/α,β-unsaturated/α-hetero) is 1. The molecule has 7 nitrogen and oxygen atoms in total. The summed E-state index contributed by atoms with van der Waals surface area (Å²) in [5.74, 6) is 0.198. The second kappa shape index (κ2) is 15.2. The molecule has 0 radical (unpaired) electrons. The average Bonchev–Trinajstić information content (AvgIpc) is 3.57. The van der Waals surface area contributed by atoms with Gasteiger partial charge in [0.2, 0.25) is 11.0 Å². The summed E-state index contributed by atoms with van der Waals surface area (Å²) in [5, 5.41) is 22.9. The van der Waals surface area contributed by atoms with Crippen LogP contribution in [0.4, 0.5) is 5.13 Å². The fourth-order valence-corrected chi connectivity index (χ4v) is 5.80. The molecule has 0 unspecified atom stereocenters. The number of amides is 1. The Kier molecular flexibility index (Phi) is 11.1. The first-order valence-electron chi connectivity index (χ1n) is 13.2. The van der Waals surface area contributed by atoms with E-state index >= 15 is 0 Å². The third-order valence-corrected chi connectivity index (χ3v) is 7.96. The number of anilines is 1. The second-order valence-corrected chi connectivity index (χ2v) is 11.4. The van der Waals surface area contributed by atoms with Gasteiger partial charge >= 0.3 is 0 Å². The van der Waals surface area contributed by atoms with Crippen molar-refractivity contribution < 1.29 is 9.59 Å². The molecule has 0 aliphatic rings. The van der Waals surface area contributed by atoms with Crippen LogP contribution in [-0.2, 0) is 41.7 Å². The second-order valence-electron chi connectivity index (χ2n) is 9.24. The number of nitrogens with one attached hydrogen (secondary N) is 1. The molecule has 2 aromatic carbocycles. The smallest absolute Gasteiger partial charge is 0.226 e. The molecule has 198 valence electrons. The molecule has 9 heteroatoms. The zero-order valence-electron chi connectivity index (χ0n) is 21.5. The first-order chi connectivity index (χ1) is 18.6. The molecule has 2 aromatic heterocycles. The zero-order valence-corrected chi connectivity index (χ0v) is 23.1. The summed E-state index contributed by atoms with van der Waals surface area (Å²) in [6.45, 7) is 0. The Hall–Kier alpha value is -3.30. The summed E-state index contributed by atoms with van der Waals surface area (Å²) in [7, 11) is 0. The third-order valence-electron chi connectivity index (χ3n) is 6.08. The Morgan fingerprint density at radius 3 is 1.82 bits per heavy atom. The number of nitrogens with zero attached hydrogens (tertiary/aromatic N) is 4. The van der Waals surface area contributed by atoms with Gasteiger partial charge in [0.15, 0.2) is 0 Å². The quantitative estimate of drug-likeness (QED) is 0.172. The van der Waals surface area contributed by atoms with Gasteiger partial charge in [-0.25, -0.2) is 0 Å². The van der Waals surface area contributed by atoms with Crippen LogP contribution in [0.2, 0.25) is 0 Å². The van der Waals surface area contributed by atoms with Crippen LogP contribution in [0.3, 0.4) is 0 Å². The van der Waals surface area contributed by atoms with Crippen molar-refractivity contribution in [2.75, 3.05) is 5.32 Å².